The Morgan fingerprint density at radius 2 is 1.15 bits per heavy atom. The molecule has 0 radical (unpaired) electrons. The minimum absolute atomic E-state index is 1.17. The van der Waals surface area contributed by atoms with E-state index < -0.39 is 0 Å². The Bertz CT molecular complexity index is 436. The summed E-state index contributed by atoms with van der Waals surface area (Å²) in [5.74, 6) is 1.54. The summed E-state index contributed by atoms with van der Waals surface area (Å²) in [5, 5.41) is 0. The summed E-state index contributed by atoms with van der Waals surface area (Å²) < 4.78 is 4.98. The molecule has 1 aromatic rings. The van der Waals surface area contributed by atoms with Gasteiger partial charge in [0.25, 0.3) is 5.82 Å². The maximum absolute atomic E-state index is 2.51. The summed E-state index contributed by atoms with van der Waals surface area (Å²) in [6.07, 6.45) is 28.4. The molecule has 0 aromatic carbocycles. The first-order chi connectivity index (χ1) is 13.3. The Morgan fingerprint density at radius 3 is 1.63 bits per heavy atom. The lowest BCUT2D eigenvalue weighted by molar-refractivity contribution is -0.703. The van der Waals surface area contributed by atoms with E-state index in [4.69, 9.17) is 0 Å². The van der Waals surface area contributed by atoms with Crippen LogP contribution in [0.2, 0.25) is 0 Å². The molecule has 158 valence electrons. The van der Waals surface area contributed by atoms with Crippen molar-refractivity contribution in [1.29, 1.82) is 0 Å². The molecule has 0 fully saturated rings. The fraction of sp³-hybridized carbons (Fsp3) is 0.880. The van der Waals surface area contributed by atoms with Crippen molar-refractivity contribution in [1.82, 2.24) is 4.57 Å². The summed E-state index contributed by atoms with van der Waals surface area (Å²) in [4.78, 5) is 0. The topological polar surface area (TPSA) is 8.81 Å². The monoisotopic (exact) mass is 377 g/mol. The van der Waals surface area contributed by atoms with E-state index in [2.05, 4.69) is 42.3 Å². The smallest absolute Gasteiger partial charge is 0.234 e. The highest BCUT2D eigenvalue weighted by atomic mass is 15.1. The van der Waals surface area contributed by atoms with Gasteiger partial charge in [0.1, 0.15) is 12.4 Å². The van der Waals surface area contributed by atoms with Crippen molar-refractivity contribution in [3.63, 3.8) is 0 Å². The molecule has 0 aliphatic heterocycles. The van der Waals surface area contributed by atoms with Crippen LogP contribution in [0.5, 0.6) is 0 Å². The molecule has 1 rings (SSSR count). The van der Waals surface area contributed by atoms with Gasteiger partial charge in [-0.1, -0.05) is 97.8 Å². The van der Waals surface area contributed by atoms with Crippen molar-refractivity contribution >= 4 is 0 Å². The standard InChI is InChI=1S/C25H49N2/c1-4-7-8-9-10-11-12-13-14-15-16-17-18-19-22-27-24-23-26(21-6-3)25(27)20-5-2/h23-24H,4-22H2,1-3H3/q+1. The van der Waals surface area contributed by atoms with Gasteiger partial charge in [-0.15, -0.1) is 0 Å². The second-order valence-corrected chi connectivity index (χ2v) is 8.45. The molecule has 1 aromatic heterocycles. The fourth-order valence-corrected chi connectivity index (χ4v) is 4.13. The Balaban J connectivity index is 1.97. The molecule has 0 unspecified atom stereocenters. The van der Waals surface area contributed by atoms with Crippen LogP contribution in [-0.2, 0) is 19.5 Å². The molecule has 0 saturated heterocycles. The molecule has 0 bridgehead atoms. The number of unbranched alkanes of at least 4 members (excludes halogenated alkanes) is 13. The van der Waals surface area contributed by atoms with E-state index in [1.807, 2.05) is 0 Å². The second kappa shape index (κ2) is 17.3. The van der Waals surface area contributed by atoms with Crippen molar-refractivity contribution in [3.8, 4) is 0 Å². The van der Waals surface area contributed by atoms with Gasteiger partial charge in [-0.25, -0.2) is 9.13 Å². The Kier molecular flexibility index (Phi) is 15.6. The number of aryl methyl sites for hydroxylation is 2. The van der Waals surface area contributed by atoms with Crippen molar-refractivity contribution in [3.05, 3.63) is 18.2 Å². The predicted molar refractivity (Wildman–Crippen MR) is 119 cm³/mol. The third kappa shape index (κ3) is 11.6. The molecule has 0 saturated carbocycles. The number of hydrogen-bond acceptors (Lipinski definition) is 0. The first-order valence-electron chi connectivity index (χ1n) is 12.4. The largest absolute Gasteiger partial charge is 0.256 e. The Hall–Kier alpha value is -0.790. The molecule has 0 aliphatic rings. The number of imidazole rings is 1. The minimum Gasteiger partial charge on any atom is -0.234 e. The number of aromatic nitrogens is 2. The average molecular weight is 378 g/mol. The lowest BCUT2D eigenvalue weighted by atomic mass is 10.0. The van der Waals surface area contributed by atoms with Crippen molar-refractivity contribution in [2.24, 2.45) is 0 Å². The lowest BCUT2D eigenvalue weighted by Crippen LogP contribution is -2.37. The van der Waals surface area contributed by atoms with Crippen LogP contribution in [0.4, 0.5) is 0 Å². The normalized spacial score (nSPS) is 11.4. The summed E-state index contributed by atoms with van der Waals surface area (Å²) >= 11 is 0. The van der Waals surface area contributed by atoms with Crippen LogP contribution < -0.4 is 4.57 Å². The quantitative estimate of drug-likeness (QED) is 0.173. The van der Waals surface area contributed by atoms with Gasteiger partial charge in [0, 0.05) is 6.42 Å². The van der Waals surface area contributed by atoms with Gasteiger partial charge in [0.05, 0.1) is 13.1 Å². The molecule has 0 aliphatic carbocycles. The lowest BCUT2D eigenvalue weighted by Gasteiger charge is -2.05. The van der Waals surface area contributed by atoms with Crippen LogP contribution in [-0.4, -0.2) is 4.57 Å². The highest BCUT2D eigenvalue weighted by molar-refractivity contribution is 4.84. The van der Waals surface area contributed by atoms with Crippen LogP contribution in [0.15, 0.2) is 12.4 Å². The minimum atomic E-state index is 1.17. The van der Waals surface area contributed by atoms with Gasteiger partial charge in [0.2, 0.25) is 0 Å². The molecular formula is C25H49N2+. The van der Waals surface area contributed by atoms with Gasteiger partial charge in [-0.2, -0.15) is 0 Å². The number of rotatable bonds is 19. The Morgan fingerprint density at radius 1 is 0.630 bits per heavy atom. The molecule has 27 heavy (non-hydrogen) atoms. The average Bonchev–Trinajstić information content (AvgIpc) is 3.04. The van der Waals surface area contributed by atoms with Gasteiger partial charge in [-0.05, 0) is 25.7 Å². The van der Waals surface area contributed by atoms with Crippen molar-refractivity contribution in [2.45, 2.75) is 143 Å². The van der Waals surface area contributed by atoms with Crippen molar-refractivity contribution < 1.29 is 4.57 Å². The Labute approximate surface area is 170 Å². The highest BCUT2D eigenvalue weighted by Crippen LogP contribution is 2.13. The SMILES string of the molecule is CCCCCCCCCCCCCCCCn1cc[n+](CCC)c1CCC. The van der Waals surface area contributed by atoms with Crippen LogP contribution >= 0.6 is 0 Å². The zero-order valence-electron chi connectivity index (χ0n) is 19.0. The maximum atomic E-state index is 2.51. The highest BCUT2D eigenvalue weighted by Gasteiger charge is 2.14. The van der Waals surface area contributed by atoms with Gasteiger partial charge in [-0.3, -0.25) is 0 Å². The zero-order chi connectivity index (χ0) is 19.6. The molecule has 0 N–H and O–H groups in total. The van der Waals surface area contributed by atoms with E-state index in [0.29, 0.717) is 0 Å². The first kappa shape index (κ1) is 24.2. The van der Waals surface area contributed by atoms with E-state index in [0.717, 1.165) is 0 Å². The van der Waals surface area contributed by atoms with Crippen LogP contribution in [0.1, 0.15) is 129 Å². The third-order valence-electron chi connectivity index (χ3n) is 5.78. The van der Waals surface area contributed by atoms with E-state index in [1.54, 1.807) is 0 Å². The maximum Gasteiger partial charge on any atom is 0.256 e. The molecule has 0 atom stereocenters. The van der Waals surface area contributed by atoms with Gasteiger partial charge >= 0.3 is 0 Å². The zero-order valence-corrected chi connectivity index (χ0v) is 19.0. The van der Waals surface area contributed by atoms with E-state index in [1.165, 1.54) is 128 Å². The fourth-order valence-electron chi connectivity index (χ4n) is 4.13. The predicted octanol–water partition coefficient (Wildman–Crippen LogP) is 7.62. The summed E-state index contributed by atoms with van der Waals surface area (Å²) in [7, 11) is 0. The van der Waals surface area contributed by atoms with Crippen LogP contribution in [0, 0.1) is 0 Å². The van der Waals surface area contributed by atoms with Gasteiger partial charge < -0.3 is 0 Å². The van der Waals surface area contributed by atoms with E-state index in [-0.39, 0.29) is 0 Å². The summed E-state index contributed by atoms with van der Waals surface area (Å²) in [6.45, 7) is 9.24. The van der Waals surface area contributed by atoms with E-state index in [9.17, 15) is 0 Å². The number of hydrogen-bond donors (Lipinski definition) is 0. The van der Waals surface area contributed by atoms with Gasteiger partial charge in [0.15, 0.2) is 0 Å². The van der Waals surface area contributed by atoms with E-state index >= 15 is 0 Å². The third-order valence-corrected chi connectivity index (χ3v) is 5.78. The summed E-state index contributed by atoms with van der Waals surface area (Å²) in [5.41, 5.74) is 0. The molecule has 0 spiro atoms. The van der Waals surface area contributed by atoms with Crippen LogP contribution in [0.3, 0.4) is 0 Å². The van der Waals surface area contributed by atoms with Crippen molar-refractivity contribution in [2.75, 3.05) is 0 Å². The molecule has 2 heteroatoms. The second-order valence-electron chi connectivity index (χ2n) is 8.45. The van der Waals surface area contributed by atoms with Crippen LogP contribution in [0.25, 0.3) is 0 Å². The first-order valence-corrected chi connectivity index (χ1v) is 12.4. The molecule has 0 amide bonds. The molecule has 1 heterocycles. The number of nitrogens with zero attached hydrogens (tertiary/aromatic N) is 2. The molecular weight excluding hydrogens is 328 g/mol. The summed E-state index contributed by atoms with van der Waals surface area (Å²) in [6, 6.07) is 0. The molecule has 2 nitrogen and oxygen atoms in total.